The number of nitrogens with zero attached hydrogens (tertiary/aromatic N) is 1. The third-order valence-corrected chi connectivity index (χ3v) is 8.75. The number of nitriles is 1. The smallest absolute Gasteiger partial charge is 0.316 e. The second-order valence-corrected chi connectivity index (χ2v) is 9.96. The molecule has 4 rings (SSSR count). The van der Waals surface area contributed by atoms with Crippen LogP contribution in [0, 0.1) is 57.2 Å². The van der Waals surface area contributed by atoms with Gasteiger partial charge in [0.1, 0.15) is 5.41 Å². The molecule has 0 aromatic heterocycles. The number of ether oxygens (including phenoxy) is 1. The fraction of sp³-hybridized carbons (Fsp3) is 0.826. The maximum atomic E-state index is 13.1. The minimum atomic E-state index is -1.08. The molecular formula is C23H33NO3. The minimum Gasteiger partial charge on any atom is -0.481 e. The molecule has 4 aliphatic carbocycles. The third kappa shape index (κ3) is 1.95. The molecule has 3 fully saturated rings. The molecule has 4 nitrogen and oxygen atoms in total. The van der Waals surface area contributed by atoms with E-state index in [-0.39, 0.29) is 17.8 Å². The predicted molar refractivity (Wildman–Crippen MR) is 103 cm³/mol. The summed E-state index contributed by atoms with van der Waals surface area (Å²) in [6, 6.07) is 2.68. The van der Waals surface area contributed by atoms with E-state index in [1.165, 1.54) is 0 Å². The van der Waals surface area contributed by atoms with Crippen LogP contribution in [-0.4, -0.2) is 24.3 Å². The maximum Gasteiger partial charge on any atom is 0.316 e. The van der Waals surface area contributed by atoms with Crippen molar-refractivity contribution in [3.63, 3.8) is 0 Å². The first-order chi connectivity index (χ1) is 12.8. The summed E-state index contributed by atoms with van der Waals surface area (Å²) in [7, 11) is 0. The van der Waals surface area contributed by atoms with Crippen LogP contribution in [-0.2, 0) is 9.53 Å². The molecule has 1 N–H and O–H groups in total. The van der Waals surface area contributed by atoms with Gasteiger partial charge in [-0.2, -0.15) is 5.26 Å². The lowest BCUT2D eigenvalue weighted by Gasteiger charge is -2.57. The lowest BCUT2D eigenvalue weighted by molar-refractivity contribution is -0.179. The first kappa shape index (κ1) is 19.0. The lowest BCUT2D eigenvalue weighted by atomic mass is 9.43. The summed E-state index contributed by atoms with van der Waals surface area (Å²) in [5.41, 5.74) is -1.30. The van der Waals surface area contributed by atoms with Gasteiger partial charge < -0.3 is 9.84 Å². The minimum absolute atomic E-state index is 0.139. The van der Waals surface area contributed by atoms with E-state index >= 15 is 0 Å². The number of fused-ring (bicyclic) bond motifs is 2. The molecule has 148 valence electrons. The van der Waals surface area contributed by atoms with Gasteiger partial charge in [0.25, 0.3) is 0 Å². The van der Waals surface area contributed by atoms with Crippen LogP contribution in [0.5, 0.6) is 0 Å². The van der Waals surface area contributed by atoms with E-state index < -0.39 is 22.2 Å². The average Bonchev–Trinajstić information content (AvgIpc) is 3.19. The molecule has 0 spiro atoms. The van der Waals surface area contributed by atoms with Crippen molar-refractivity contribution in [1.82, 2.24) is 0 Å². The second kappa shape index (κ2) is 6.08. The Kier molecular flexibility index (Phi) is 4.28. The summed E-state index contributed by atoms with van der Waals surface area (Å²) in [5, 5.41) is 21.3. The quantitative estimate of drug-likeness (QED) is 0.544. The summed E-state index contributed by atoms with van der Waals surface area (Å²) < 4.78 is 6.09. The largest absolute Gasteiger partial charge is 0.481 e. The molecule has 0 aromatic carbocycles. The number of carboxylic acids is 1. The summed E-state index contributed by atoms with van der Waals surface area (Å²) in [4.78, 5) is 13.1. The van der Waals surface area contributed by atoms with Crippen LogP contribution >= 0.6 is 0 Å². The van der Waals surface area contributed by atoms with Crippen LogP contribution in [0.2, 0.25) is 0 Å². The number of carbonyl (C=O) groups is 1. The molecule has 7 atom stereocenters. The SMILES string of the molecule is CCCOC[C@@]12CC3C(C)CCC3[C@@]3(C#N)C[C@@H]1C=C(C(C)C)[C@@]23C(=O)O. The van der Waals surface area contributed by atoms with Gasteiger partial charge >= 0.3 is 5.97 Å². The lowest BCUT2D eigenvalue weighted by Crippen LogP contribution is -2.62. The second-order valence-electron chi connectivity index (χ2n) is 9.96. The molecule has 0 radical (unpaired) electrons. The van der Waals surface area contributed by atoms with Crippen LogP contribution in [0.4, 0.5) is 0 Å². The van der Waals surface area contributed by atoms with Gasteiger partial charge in [-0.05, 0) is 55.3 Å². The van der Waals surface area contributed by atoms with Crippen LogP contribution < -0.4 is 0 Å². The molecule has 0 amide bonds. The number of aliphatic carboxylic acids is 1. The first-order valence-corrected chi connectivity index (χ1v) is 10.8. The number of allylic oxidation sites excluding steroid dienone is 1. The van der Waals surface area contributed by atoms with Gasteiger partial charge in [0, 0.05) is 12.0 Å². The normalized spacial score (nSPS) is 47.0. The van der Waals surface area contributed by atoms with E-state index in [0.29, 0.717) is 31.5 Å². The third-order valence-electron chi connectivity index (χ3n) is 8.75. The van der Waals surface area contributed by atoms with Crippen molar-refractivity contribution >= 4 is 5.97 Å². The molecule has 4 aliphatic rings. The summed E-state index contributed by atoms with van der Waals surface area (Å²) >= 11 is 0. The van der Waals surface area contributed by atoms with E-state index in [1.54, 1.807) is 0 Å². The fourth-order valence-corrected chi connectivity index (χ4v) is 7.94. The molecule has 4 heteroatoms. The monoisotopic (exact) mass is 371 g/mol. The number of hydrogen-bond donors (Lipinski definition) is 1. The van der Waals surface area contributed by atoms with E-state index in [0.717, 1.165) is 31.3 Å². The molecule has 3 unspecified atom stereocenters. The Morgan fingerprint density at radius 2 is 2.15 bits per heavy atom. The fourth-order valence-electron chi connectivity index (χ4n) is 7.94. The van der Waals surface area contributed by atoms with Gasteiger partial charge in [0.2, 0.25) is 0 Å². The van der Waals surface area contributed by atoms with Gasteiger partial charge in [-0.1, -0.05) is 45.8 Å². The zero-order valence-corrected chi connectivity index (χ0v) is 17.1. The number of rotatable bonds is 6. The Labute approximate surface area is 163 Å². The van der Waals surface area contributed by atoms with Gasteiger partial charge in [-0.3, -0.25) is 4.79 Å². The zero-order chi connectivity index (χ0) is 19.6. The zero-order valence-electron chi connectivity index (χ0n) is 17.1. The Morgan fingerprint density at radius 1 is 1.41 bits per heavy atom. The van der Waals surface area contributed by atoms with Crippen molar-refractivity contribution in [1.29, 1.82) is 5.26 Å². The van der Waals surface area contributed by atoms with Crippen LogP contribution in [0.25, 0.3) is 0 Å². The van der Waals surface area contributed by atoms with Gasteiger partial charge in [-0.15, -0.1) is 0 Å². The number of hydrogen-bond acceptors (Lipinski definition) is 3. The van der Waals surface area contributed by atoms with Crippen molar-refractivity contribution in [2.45, 2.75) is 59.8 Å². The van der Waals surface area contributed by atoms with Crippen molar-refractivity contribution in [3.8, 4) is 6.07 Å². The van der Waals surface area contributed by atoms with Gasteiger partial charge in [-0.25, -0.2) is 0 Å². The van der Waals surface area contributed by atoms with Crippen molar-refractivity contribution in [3.05, 3.63) is 11.6 Å². The Morgan fingerprint density at radius 3 is 2.74 bits per heavy atom. The maximum absolute atomic E-state index is 13.1. The van der Waals surface area contributed by atoms with Crippen molar-refractivity contribution in [2.24, 2.45) is 45.8 Å². The molecule has 3 saturated carbocycles. The predicted octanol–water partition coefficient (Wildman–Crippen LogP) is 4.66. The van der Waals surface area contributed by atoms with E-state index in [2.05, 4.69) is 39.8 Å². The summed E-state index contributed by atoms with van der Waals surface area (Å²) in [6.45, 7) is 9.70. The van der Waals surface area contributed by atoms with Crippen LogP contribution in [0.3, 0.4) is 0 Å². The van der Waals surface area contributed by atoms with E-state index in [1.807, 2.05) is 0 Å². The first-order valence-electron chi connectivity index (χ1n) is 10.8. The van der Waals surface area contributed by atoms with Gasteiger partial charge in [0.05, 0.1) is 18.1 Å². The van der Waals surface area contributed by atoms with E-state index in [9.17, 15) is 15.2 Å². The van der Waals surface area contributed by atoms with Crippen molar-refractivity contribution in [2.75, 3.05) is 13.2 Å². The highest BCUT2D eigenvalue weighted by molar-refractivity contribution is 5.85. The highest BCUT2D eigenvalue weighted by atomic mass is 16.5. The molecule has 0 aliphatic heterocycles. The Hall–Kier alpha value is -1.34. The summed E-state index contributed by atoms with van der Waals surface area (Å²) in [6.07, 6.45) is 6.89. The molecular weight excluding hydrogens is 338 g/mol. The van der Waals surface area contributed by atoms with Gasteiger partial charge in [0.15, 0.2) is 0 Å². The molecule has 27 heavy (non-hydrogen) atoms. The van der Waals surface area contributed by atoms with Crippen molar-refractivity contribution < 1.29 is 14.6 Å². The van der Waals surface area contributed by atoms with Crippen LogP contribution in [0.15, 0.2) is 11.6 Å². The molecule has 0 saturated heterocycles. The Balaban J connectivity index is 1.94. The van der Waals surface area contributed by atoms with E-state index in [4.69, 9.17) is 4.74 Å². The topological polar surface area (TPSA) is 70.3 Å². The Bertz CT molecular complexity index is 722. The molecule has 0 aromatic rings. The highest BCUT2D eigenvalue weighted by Gasteiger charge is 2.84. The standard InChI is InChI=1S/C23H33NO3/c1-5-8-27-13-22-11-17-15(4)6-7-18(17)21(12-24)10-16(22)9-19(14(2)3)23(21,22)20(25)26/h9,14-18H,5-8,10-11,13H2,1-4H3,(H,25,26)/t15?,16-,17?,18?,21-,22-,23-/m0/s1. The average molecular weight is 372 g/mol. The molecule has 0 heterocycles. The van der Waals surface area contributed by atoms with Crippen LogP contribution in [0.1, 0.15) is 59.8 Å². The highest BCUT2D eigenvalue weighted by Crippen LogP contribution is 2.83. The molecule has 4 bridgehead atoms. The summed E-state index contributed by atoms with van der Waals surface area (Å²) in [5.74, 6) is 0.745. The number of carboxylic acid groups (broad SMARTS) is 1.